The zero-order chi connectivity index (χ0) is 13.9. The van der Waals surface area contributed by atoms with Crippen molar-refractivity contribution in [2.24, 2.45) is 7.05 Å². The van der Waals surface area contributed by atoms with E-state index in [1.807, 2.05) is 0 Å². The van der Waals surface area contributed by atoms with Crippen LogP contribution in [0, 0.1) is 0 Å². The van der Waals surface area contributed by atoms with Crippen LogP contribution in [0.4, 0.5) is 5.69 Å². The normalized spacial score (nSPS) is 11.5. The van der Waals surface area contributed by atoms with E-state index in [0.717, 1.165) is 5.56 Å². The van der Waals surface area contributed by atoms with E-state index >= 15 is 0 Å². The Morgan fingerprint density at radius 2 is 1.89 bits per heavy atom. The van der Waals surface area contributed by atoms with Crippen molar-refractivity contribution in [1.29, 1.82) is 0 Å². The molecule has 6 nitrogen and oxygen atoms in total. The molecular weight excluding hydrogens is 266 g/mol. The van der Waals surface area contributed by atoms with Crippen LogP contribution >= 0.6 is 0 Å². The number of hydrogen-bond donors (Lipinski definition) is 2. The zero-order valence-electron chi connectivity index (χ0n) is 10.4. The number of nitrogens with one attached hydrogen (secondary N) is 1. The minimum atomic E-state index is -3.46. The molecule has 2 N–H and O–H groups in total. The van der Waals surface area contributed by atoms with E-state index in [2.05, 4.69) is 9.82 Å². The van der Waals surface area contributed by atoms with E-state index in [1.165, 1.54) is 10.9 Å². The Morgan fingerprint density at radius 1 is 1.26 bits per heavy atom. The molecule has 0 radical (unpaired) electrons. The summed E-state index contributed by atoms with van der Waals surface area (Å²) in [5, 5.41) is 12.8. The molecule has 1 aromatic carbocycles. The maximum atomic E-state index is 11.9. The van der Waals surface area contributed by atoms with Gasteiger partial charge >= 0.3 is 0 Å². The molecule has 0 aliphatic carbocycles. The SMILES string of the molecule is Cn1cc(NS(=O)(=O)Cc2ccc(CO)cc2)cn1. The van der Waals surface area contributed by atoms with Crippen LogP contribution in [0.2, 0.25) is 0 Å². The number of aromatic nitrogens is 2. The van der Waals surface area contributed by atoms with E-state index in [1.54, 1.807) is 37.5 Å². The number of nitrogens with zero attached hydrogens (tertiary/aromatic N) is 2. The molecule has 1 aromatic heterocycles. The quantitative estimate of drug-likeness (QED) is 0.851. The molecule has 19 heavy (non-hydrogen) atoms. The molecule has 0 aliphatic heterocycles. The number of hydrogen-bond acceptors (Lipinski definition) is 4. The van der Waals surface area contributed by atoms with Gasteiger partial charge in [0, 0.05) is 13.2 Å². The topological polar surface area (TPSA) is 84.2 Å². The van der Waals surface area contributed by atoms with Crippen LogP contribution in [0.1, 0.15) is 11.1 Å². The summed E-state index contributed by atoms with van der Waals surface area (Å²) in [6.45, 7) is -0.0546. The summed E-state index contributed by atoms with van der Waals surface area (Å²) >= 11 is 0. The van der Waals surface area contributed by atoms with Crippen LogP contribution in [0.15, 0.2) is 36.7 Å². The fraction of sp³-hybridized carbons (Fsp3) is 0.250. The predicted octanol–water partition coefficient (Wildman–Crippen LogP) is 0.854. The van der Waals surface area contributed by atoms with Crippen molar-refractivity contribution in [2.45, 2.75) is 12.4 Å². The Labute approximate surface area is 111 Å². The highest BCUT2D eigenvalue weighted by Gasteiger charge is 2.12. The van der Waals surface area contributed by atoms with Gasteiger partial charge in [-0.1, -0.05) is 24.3 Å². The number of aliphatic hydroxyl groups is 1. The third-order valence-electron chi connectivity index (χ3n) is 2.54. The van der Waals surface area contributed by atoms with Gasteiger partial charge in [0.1, 0.15) is 0 Å². The van der Waals surface area contributed by atoms with Gasteiger partial charge in [-0.2, -0.15) is 5.10 Å². The van der Waals surface area contributed by atoms with E-state index in [-0.39, 0.29) is 12.4 Å². The molecule has 2 aromatic rings. The second kappa shape index (κ2) is 5.41. The van der Waals surface area contributed by atoms with Crippen molar-refractivity contribution in [3.8, 4) is 0 Å². The van der Waals surface area contributed by atoms with Crippen LogP contribution in [0.3, 0.4) is 0 Å². The molecule has 0 fully saturated rings. The average Bonchev–Trinajstić information content (AvgIpc) is 2.74. The molecule has 0 saturated carbocycles. The lowest BCUT2D eigenvalue weighted by molar-refractivity contribution is 0.282. The van der Waals surface area contributed by atoms with Gasteiger partial charge in [0.15, 0.2) is 0 Å². The molecule has 0 saturated heterocycles. The first-order valence-corrected chi connectivity index (χ1v) is 7.31. The fourth-order valence-electron chi connectivity index (χ4n) is 1.65. The Kier molecular flexibility index (Phi) is 3.87. The lowest BCUT2D eigenvalue weighted by Gasteiger charge is -2.06. The van der Waals surface area contributed by atoms with Gasteiger partial charge in [-0.05, 0) is 11.1 Å². The Morgan fingerprint density at radius 3 is 2.42 bits per heavy atom. The van der Waals surface area contributed by atoms with Crippen molar-refractivity contribution in [1.82, 2.24) is 9.78 Å². The van der Waals surface area contributed by atoms with Crippen molar-refractivity contribution in [2.75, 3.05) is 4.72 Å². The monoisotopic (exact) mass is 281 g/mol. The van der Waals surface area contributed by atoms with Crippen LogP contribution in [0.25, 0.3) is 0 Å². The summed E-state index contributed by atoms with van der Waals surface area (Å²) in [6.07, 6.45) is 3.04. The van der Waals surface area contributed by atoms with Crippen molar-refractivity contribution in [3.63, 3.8) is 0 Å². The largest absolute Gasteiger partial charge is 0.392 e. The summed E-state index contributed by atoms with van der Waals surface area (Å²) in [7, 11) is -1.75. The summed E-state index contributed by atoms with van der Waals surface area (Å²) in [4.78, 5) is 0. The Bertz CT molecular complexity index is 647. The molecule has 0 spiro atoms. The first-order chi connectivity index (χ1) is 8.98. The summed E-state index contributed by atoms with van der Waals surface area (Å²) in [5.74, 6) is -0.117. The molecular formula is C12H15N3O3S. The first kappa shape index (κ1) is 13.6. The van der Waals surface area contributed by atoms with Gasteiger partial charge in [0.2, 0.25) is 10.0 Å². The van der Waals surface area contributed by atoms with Crippen molar-refractivity contribution >= 4 is 15.7 Å². The van der Waals surface area contributed by atoms with Crippen molar-refractivity contribution < 1.29 is 13.5 Å². The van der Waals surface area contributed by atoms with E-state index in [0.29, 0.717) is 11.3 Å². The third-order valence-corrected chi connectivity index (χ3v) is 3.80. The van der Waals surface area contributed by atoms with E-state index in [9.17, 15) is 8.42 Å². The Hall–Kier alpha value is -1.86. The smallest absolute Gasteiger partial charge is 0.237 e. The molecule has 0 atom stereocenters. The number of rotatable bonds is 5. The Balaban J connectivity index is 2.07. The minimum Gasteiger partial charge on any atom is -0.392 e. The van der Waals surface area contributed by atoms with Crippen molar-refractivity contribution in [3.05, 3.63) is 47.8 Å². The van der Waals surface area contributed by atoms with Crippen LogP contribution in [-0.2, 0) is 29.4 Å². The molecule has 0 bridgehead atoms. The predicted molar refractivity (Wildman–Crippen MR) is 71.8 cm³/mol. The lowest BCUT2D eigenvalue weighted by Crippen LogP contribution is -2.14. The van der Waals surface area contributed by atoms with Gasteiger partial charge in [-0.3, -0.25) is 9.40 Å². The summed E-state index contributed by atoms with van der Waals surface area (Å²) in [6, 6.07) is 6.78. The molecule has 1 heterocycles. The van der Waals surface area contributed by atoms with Gasteiger partial charge in [0.25, 0.3) is 0 Å². The first-order valence-electron chi connectivity index (χ1n) is 5.66. The van der Waals surface area contributed by atoms with Crippen LogP contribution in [-0.4, -0.2) is 23.3 Å². The molecule has 2 rings (SSSR count). The number of sulfonamides is 1. The molecule has 0 amide bonds. The summed E-state index contributed by atoms with van der Waals surface area (Å²) in [5.41, 5.74) is 1.85. The number of anilines is 1. The number of aryl methyl sites for hydroxylation is 1. The fourth-order valence-corrected chi connectivity index (χ4v) is 2.82. The molecule has 0 unspecified atom stereocenters. The number of aliphatic hydroxyl groups excluding tert-OH is 1. The van der Waals surface area contributed by atoms with Crippen LogP contribution in [0.5, 0.6) is 0 Å². The van der Waals surface area contributed by atoms with E-state index < -0.39 is 10.0 Å². The molecule has 102 valence electrons. The maximum absolute atomic E-state index is 11.9. The number of benzene rings is 1. The molecule has 7 heteroatoms. The zero-order valence-corrected chi connectivity index (χ0v) is 11.3. The van der Waals surface area contributed by atoms with Gasteiger partial charge < -0.3 is 5.11 Å². The lowest BCUT2D eigenvalue weighted by atomic mass is 10.2. The third kappa shape index (κ3) is 3.80. The summed E-state index contributed by atoms with van der Waals surface area (Å²) < 4.78 is 27.8. The standard InChI is InChI=1S/C12H15N3O3S/c1-15-7-12(6-13-15)14-19(17,18)9-11-4-2-10(8-16)3-5-11/h2-7,14,16H,8-9H2,1H3. The molecule has 0 aliphatic rings. The highest BCUT2D eigenvalue weighted by molar-refractivity contribution is 7.91. The average molecular weight is 281 g/mol. The second-order valence-corrected chi connectivity index (χ2v) is 5.96. The second-order valence-electron chi connectivity index (χ2n) is 4.24. The minimum absolute atomic E-state index is 0.0546. The maximum Gasteiger partial charge on any atom is 0.237 e. The van der Waals surface area contributed by atoms with Gasteiger partial charge in [-0.15, -0.1) is 0 Å². The highest BCUT2D eigenvalue weighted by Crippen LogP contribution is 2.12. The van der Waals surface area contributed by atoms with Crippen LogP contribution < -0.4 is 4.72 Å². The van der Waals surface area contributed by atoms with Gasteiger partial charge in [-0.25, -0.2) is 8.42 Å². The van der Waals surface area contributed by atoms with Gasteiger partial charge in [0.05, 0.1) is 24.2 Å². The highest BCUT2D eigenvalue weighted by atomic mass is 32.2. The van der Waals surface area contributed by atoms with E-state index in [4.69, 9.17) is 5.11 Å².